The molecule has 1 aliphatic rings. The van der Waals surface area contributed by atoms with Crippen LogP contribution in [0.1, 0.15) is 0 Å². The van der Waals surface area contributed by atoms with Crippen LogP contribution in [0.25, 0.3) is 0 Å². The number of carbonyl (C=O) groups is 1. The first-order valence-electron chi connectivity index (χ1n) is 9.78. The van der Waals surface area contributed by atoms with Gasteiger partial charge in [-0.2, -0.15) is 8.78 Å². The molecular weight excluding hydrogens is 380 g/mol. The molecular formula is C21H27F2N3O3+2. The number of benzene rings is 2. The van der Waals surface area contributed by atoms with Gasteiger partial charge < -0.3 is 24.6 Å². The van der Waals surface area contributed by atoms with Gasteiger partial charge in [-0.25, -0.2) is 0 Å². The number of nitrogens with one attached hydrogen (secondary N) is 3. The van der Waals surface area contributed by atoms with Crippen molar-refractivity contribution >= 4 is 11.6 Å². The predicted molar refractivity (Wildman–Crippen MR) is 105 cm³/mol. The van der Waals surface area contributed by atoms with E-state index in [0.717, 1.165) is 38.5 Å². The van der Waals surface area contributed by atoms with E-state index in [-0.39, 0.29) is 11.7 Å². The van der Waals surface area contributed by atoms with Crippen molar-refractivity contribution in [2.45, 2.75) is 6.61 Å². The lowest BCUT2D eigenvalue weighted by atomic mass is 10.3. The third kappa shape index (κ3) is 7.32. The highest BCUT2D eigenvalue weighted by atomic mass is 19.3. The minimum atomic E-state index is -2.86. The zero-order chi connectivity index (χ0) is 20.5. The van der Waals surface area contributed by atoms with Crippen molar-refractivity contribution in [1.82, 2.24) is 0 Å². The van der Waals surface area contributed by atoms with Gasteiger partial charge in [-0.3, -0.25) is 4.79 Å². The minimum Gasteiger partial charge on any atom is -0.488 e. The van der Waals surface area contributed by atoms with Crippen LogP contribution in [0.4, 0.5) is 14.5 Å². The van der Waals surface area contributed by atoms with Crippen molar-refractivity contribution in [3.8, 4) is 11.5 Å². The first kappa shape index (κ1) is 21.0. The molecule has 2 aromatic carbocycles. The molecule has 2 aromatic rings. The number of piperazine rings is 1. The van der Waals surface area contributed by atoms with Crippen molar-refractivity contribution in [3.05, 3.63) is 54.6 Å². The largest absolute Gasteiger partial charge is 0.488 e. The number of quaternary nitrogens is 2. The molecule has 0 radical (unpaired) electrons. The number of ether oxygens (including phenoxy) is 2. The van der Waals surface area contributed by atoms with Gasteiger partial charge in [0, 0.05) is 5.69 Å². The van der Waals surface area contributed by atoms with Crippen LogP contribution in [0.2, 0.25) is 0 Å². The molecule has 1 saturated heterocycles. The van der Waals surface area contributed by atoms with Crippen molar-refractivity contribution in [3.63, 3.8) is 0 Å². The number of hydrogen-bond acceptors (Lipinski definition) is 3. The summed E-state index contributed by atoms with van der Waals surface area (Å²) in [5.41, 5.74) is 0.568. The Kier molecular flexibility index (Phi) is 7.77. The van der Waals surface area contributed by atoms with E-state index in [4.69, 9.17) is 4.74 Å². The molecule has 3 rings (SSSR count). The second kappa shape index (κ2) is 10.7. The number of para-hydroxylation sites is 1. The maximum absolute atomic E-state index is 12.2. The first-order valence-corrected chi connectivity index (χ1v) is 9.78. The summed E-state index contributed by atoms with van der Waals surface area (Å²) in [5.74, 6) is 0.874. The van der Waals surface area contributed by atoms with Gasteiger partial charge in [0.15, 0.2) is 6.54 Å². The maximum atomic E-state index is 12.2. The van der Waals surface area contributed by atoms with Crippen molar-refractivity contribution in [2.24, 2.45) is 0 Å². The van der Waals surface area contributed by atoms with Gasteiger partial charge in [0.25, 0.3) is 5.91 Å². The monoisotopic (exact) mass is 407 g/mol. The molecule has 1 amide bonds. The number of halogens is 2. The van der Waals surface area contributed by atoms with Crippen LogP contribution < -0.4 is 24.6 Å². The van der Waals surface area contributed by atoms with E-state index in [1.54, 1.807) is 12.1 Å². The average Bonchev–Trinajstić information content (AvgIpc) is 2.71. The van der Waals surface area contributed by atoms with Gasteiger partial charge in [-0.1, -0.05) is 18.2 Å². The molecule has 6 nitrogen and oxygen atoms in total. The minimum absolute atomic E-state index is 0.0685. The van der Waals surface area contributed by atoms with E-state index in [1.165, 1.54) is 21.9 Å². The number of carbonyl (C=O) groups excluding carboxylic acids is 1. The topological polar surface area (TPSA) is 56.4 Å². The Labute approximate surface area is 169 Å². The Morgan fingerprint density at radius 3 is 2.24 bits per heavy atom. The fourth-order valence-corrected chi connectivity index (χ4v) is 3.37. The van der Waals surface area contributed by atoms with Crippen LogP contribution in [0.15, 0.2) is 54.6 Å². The van der Waals surface area contributed by atoms with E-state index in [2.05, 4.69) is 10.1 Å². The zero-order valence-electron chi connectivity index (χ0n) is 16.2. The first-order chi connectivity index (χ1) is 14.1. The number of amides is 1. The molecule has 0 unspecified atom stereocenters. The maximum Gasteiger partial charge on any atom is 0.387 e. The number of anilines is 1. The van der Waals surface area contributed by atoms with Crippen LogP contribution in [0, 0.1) is 0 Å². The number of hydrogen-bond donors (Lipinski definition) is 3. The van der Waals surface area contributed by atoms with Gasteiger partial charge >= 0.3 is 6.61 Å². The summed E-state index contributed by atoms with van der Waals surface area (Å²) in [6.07, 6.45) is 0. The molecule has 0 atom stereocenters. The fraction of sp³-hybridized carbons (Fsp3) is 0.381. The van der Waals surface area contributed by atoms with Crippen LogP contribution in [0.3, 0.4) is 0 Å². The fourth-order valence-electron chi connectivity index (χ4n) is 3.37. The van der Waals surface area contributed by atoms with E-state index >= 15 is 0 Å². The highest BCUT2D eigenvalue weighted by molar-refractivity contribution is 5.91. The number of alkyl halides is 2. The predicted octanol–water partition coefficient (Wildman–Crippen LogP) is 0.0889. The Bertz CT molecular complexity index is 752. The summed E-state index contributed by atoms with van der Waals surface area (Å²) in [6.45, 7) is 3.01. The summed E-state index contributed by atoms with van der Waals surface area (Å²) < 4.78 is 34.4. The molecule has 156 valence electrons. The average molecular weight is 407 g/mol. The molecule has 0 saturated carbocycles. The van der Waals surface area contributed by atoms with Crippen LogP contribution >= 0.6 is 0 Å². The van der Waals surface area contributed by atoms with Crippen molar-refractivity contribution < 1.29 is 32.8 Å². The van der Waals surface area contributed by atoms with E-state index in [0.29, 0.717) is 18.8 Å². The SMILES string of the molecule is O=C(C[NH+]1CC[NH+](CCOc2ccccc2)CC1)Nc1ccc(OC(F)F)cc1. The van der Waals surface area contributed by atoms with Gasteiger partial charge in [0.1, 0.15) is 50.8 Å². The third-order valence-corrected chi connectivity index (χ3v) is 4.91. The molecule has 0 bridgehead atoms. The van der Waals surface area contributed by atoms with Crippen molar-refractivity contribution in [2.75, 3.05) is 51.2 Å². The molecule has 1 heterocycles. The Balaban J connectivity index is 1.33. The van der Waals surface area contributed by atoms with E-state index in [9.17, 15) is 13.6 Å². The molecule has 1 aliphatic heterocycles. The quantitative estimate of drug-likeness (QED) is 0.552. The molecule has 3 N–H and O–H groups in total. The Hall–Kier alpha value is -2.71. The lowest BCUT2D eigenvalue weighted by Crippen LogP contribution is -3.28. The van der Waals surface area contributed by atoms with Crippen LogP contribution in [-0.2, 0) is 4.79 Å². The molecule has 0 spiro atoms. The lowest BCUT2D eigenvalue weighted by molar-refractivity contribution is -1.01. The summed E-state index contributed by atoms with van der Waals surface area (Å²) in [5, 5.41) is 2.80. The van der Waals surface area contributed by atoms with Gasteiger partial charge in [-0.15, -0.1) is 0 Å². The highest BCUT2D eigenvalue weighted by Crippen LogP contribution is 2.17. The number of rotatable bonds is 9. The molecule has 1 fully saturated rings. The summed E-state index contributed by atoms with van der Waals surface area (Å²) in [6, 6.07) is 15.7. The van der Waals surface area contributed by atoms with E-state index in [1.807, 2.05) is 30.3 Å². The van der Waals surface area contributed by atoms with Gasteiger partial charge in [-0.05, 0) is 36.4 Å². The second-order valence-corrected chi connectivity index (χ2v) is 7.04. The standard InChI is InChI=1S/C21H25F2N3O3/c22-21(23)29-19-8-6-17(7-9-19)24-20(27)16-26-12-10-25(11-13-26)14-15-28-18-4-2-1-3-5-18/h1-9,21H,10-16H2,(H,24,27)/p+2. The summed E-state index contributed by atoms with van der Waals surface area (Å²) in [7, 11) is 0. The Morgan fingerprint density at radius 2 is 1.59 bits per heavy atom. The molecule has 29 heavy (non-hydrogen) atoms. The zero-order valence-corrected chi connectivity index (χ0v) is 16.2. The van der Waals surface area contributed by atoms with Crippen LogP contribution in [0.5, 0.6) is 11.5 Å². The second-order valence-electron chi connectivity index (χ2n) is 7.04. The normalized spacial score (nSPS) is 19.0. The molecule has 8 heteroatoms. The highest BCUT2D eigenvalue weighted by Gasteiger charge is 2.24. The van der Waals surface area contributed by atoms with Gasteiger partial charge in [0.05, 0.1) is 0 Å². The smallest absolute Gasteiger partial charge is 0.387 e. The Morgan fingerprint density at radius 1 is 0.931 bits per heavy atom. The van der Waals surface area contributed by atoms with E-state index < -0.39 is 6.61 Å². The third-order valence-electron chi connectivity index (χ3n) is 4.91. The van der Waals surface area contributed by atoms with Crippen molar-refractivity contribution in [1.29, 1.82) is 0 Å². The summed E-state index contributed by atoms with van der Waals surface area (Å²) in [4.78, 5) is 15.0. The lowest BCUT2D eigenvalue weighted by Gasteiger charge is -2.29. The molecule has 0 aromatic heterocycles. The van der Waals surface area contributed by atoms with Crippen LogP contribution in [-0.4, -0.2) is 58.4 Å². The summed E-state index contributed by atoms with van der Waals surface area (Å²) >= 11 is 0. The molecule has 0 aliphatic carbocycles. The van der Waals surface area contributed by atoms with Gasteiger partial charge in [0.2, 0.25) is 0 Å².